The lowest BCUT2D eigenvalue weighted by molar-refractivity contribution is -0.384. The smallest absolute Gasteiger partial charge is 0.269 e. The summed E-state index contributed by atoms with van der Waals surface area (Å²) < 4.78 is 0. The first-order chi connectivity index (χ1) is 9.06. The van der Waals surface area contributed by atoms with E-state index in [1.807, 2.05) is 0 Å². The first-order valence-electron chi connectivity index (χ1n) is 5.31. The van der Waals surface area contributed by atoms with Crippen molar-refractivity contribution in [2.75, 3.05) is 5.73 Å². The number of phenolic OH excluding ortho intramolecular Hbond substituents is 1. The Labute approximate surface area is 108 Å². The second kappa shape index (κ2) is 5.13. The van der Waals surface area contributed by atoms with E-state index in [1.54, 1.807) is 6.07 Å². The summed E-state index contributed by atoms with van der Waals surface area (Å²) in [6.45, 7) is 0. The monoisotopic (exact) mass is 258 g/mol. The average molecular weight is 258 g/mol. The molecule has 0 amide bonds. The highest BCUT2D eigenvalue weighted by Gasteiger charge is 2.03. The number of aromatic hydroxyl groups is 1. The Bertz CT molecular complexity index is 638. The summed E-state index contributed by atoms with van der Waals surface area (Å²) >= 11 is 0. The minimum atomic E-state index is -0.485. The van der Waals surface area contributed by atoms with Crippen LogP contribution in [0.3, 0.4) is 0 Å². The Kier molecular flexibility index (Phi) is 3.37. The third-order valence-corrected chi connectivity index (χ3v) is 2.35. The molecule has 0 aromatic heterocycles. The van der Waals surface area contributed by atoms with Crippen LogP contribution in [0.25, 0.3) is 0 Å². The van der Waals surface area contributed by atoms with Gasteiger partial charge in [0.1, 0.15) is 5.75 Å². The first kappa shape index (κ1) is 12.5. The minimum Gasteiger partial charge on any atom is -0.506 e. The summed E-state index contributed by atoms with van der Waals surface area (Å²) in [5, 5.41) is 27.6. The standard InChI is InChI=1S/C12H10N4O3/c13-11-7-9(3-6-12(11)17)15-14-8-1-4-10(5-2-8)16(18)19/h1-7,17H,13H2. The van der Waals surface area contributed by atoms with Gasteiger partial charge in [0.15, 0.2) is 0 Å². The highest BCUT2D eigenvalue weighted by Crippen LogP contribution is 2.27. The molecule has 7 heteroatoms. The molecule has 0 fully saturated rings. The van der Waals surface area contributed by atoms with Crippen LogP contribution in [-0.4, -0.2) is 10.0 Å². The fourth-order valence-electron chi connectivity index (χ4n) is 1.36. The van der Waals surface area contributed by atoms with Crippen molar-refractivity contribution in [3.8, 4) is 5.75 Å². The minimum absolute atomic E-state index is 0.00664. The van der Waals surface area contributed by atoms with Crippen LogP contribution in [0.1, 0.15) is 0 Å². The lowest BCUT2D eigenvalue weighted by Crippen LogP contribution is -1.85. The number of azo groups is 1. The second-order valence-electron chi connectivity index (χ2n) is 3.72. The van der Waals surface area contributed by atoms with Crippen LogP contribution in [0.15, 0.2) is 52.7 Å². The van der Waals surface area contributed by atoms with E-state index >= 15 is 0 Å². The van der Waals surface area contributed by atoms with Crippen molar-refractivity contribution in [1.82, 2.24) is 0 Å². The van der Waals surface area contributed by atoms with E-state index in [9.17, 15) is 15.2 Å². The van der Waals surface area contributed by atoms with Crippen molar-refractivity contribution in [2.45, 2.75) is 0 Å². The van der Waals surface area contributed by atoms with Crippen LogP contribution in [0.5, 0.6) is 5.75 Å². The fraction of sp³-hybridized carbons (Fsp3) is 0. The van der Waals surface area contributed by atoms with E-state index in [1.165, 1.54) is 36.4 Å². The number of hydrogen-bond acceptors (Lipinski definition) is 6. The number of nitro groups is 1. The molecular weight excluding hydrogens is 248 g/mol. The van der Waals surface area contributed by atoms with Gasteiger partial charge in [-0.25, -0.2) is 0 Å². The van der Waals surface area contributed by atoms with Gasteiger partial charge >= 0.3 is 0 Å². The predicted octanol–water partition coefficient (Wildman–Crippen LogP) is 3.30. The van der Waals surface area contributed by atoms with Crippen LogP contribution < -0.4 is 5.73 Å². The quantitative estimate of drug-likeness (QED) is 0.289. The molecule has 7 nitrogen and oxygen atoms in total. The van der Waals surface area contributed by atoms with Gasteiger partial charge in [-0.15, -0.1) is 0 Å². The van der Waals surface area contributed by atoms with E-state index < -0.39 is 4.92 Å². The topological polar surface area (TPSA) is 114 Å². The lowest BCUT2D eigenvalue weighted by atomic mass is 10.2. The van der Waals surface area contributed by atoms with Crippen molar-refractivity contribution in [3.63, 3.8) is 0 Å². The number of nitrogen functional groups attached to an aromatic ring is 1. The van der Waals surface area contributed by atoms with E-state index in [0.29, 0.717) is 11.4 Å². The number of non-ortho nitro benzene ring substituents is 1. The molecule has 0 aliphatic rings. The predicted molar refractivity (Wildman–Crippen MR) is 69.8 cm³/mol. The average Bonchev–Trinajstić information content (AvgIpc) is 2.40. The molecule has 0 spiro atoms. The molecular formula is C12H10N4O3. The van der Waals surface area contributed by atoms with E-state index in [-0.39, 0.29) is 17.1 Å². The second-order valence-corrected chi connectivity index (χ2v) is 3.72. The number of anilines is 1. The van der Waals surface area contributed by atoms with Crippen LogP contribution in [-0.2, 0) is 0 Å². The molecule has 0 aliphatic heterocycles. The molecule has 2 rings (SSSR count). The molecule has 0 radical (unpaired) electrons. The van der Waals surface area contributed by atoms with Crippen LogP contribution in [0, 0.1) is 10.1 Å². The van der Waals surface area contributed by atoms with Gasteiger partial charge in [-0.2, -0.15) is 10.2 Å². The van der Waals surface area contributed by atoms with Gasteiger partial charge < -0.3 is 10.8 Å². The fourth-order valence-corrected chi connectivity index (χ4v) is 1.36. The number of benzene rings is 2. The zero-order valence-electron chi connectivity index (χ0n) is 9.72. The van der Waals surface area contributed by atoms with Gasteiger partial charge in [0.2, 0.25) is 0 Å². The third kappa shape index (κ3) is 3.03. The van der Waals surface area contributed by atoms with Crippen molar-refractivity contribution >= 4 is 22.7 Å². The Morgan fingerprint density at radius 2 is 1.63 bits per heavy atom. The summed E-state index contributed by atoms with van der Waals surface area (Å²) in [4.78, 5) is 9.99. The van der Waals surface area contributed by atoms with Crippen molar-refractivity contribution in [1.29, 1.82) is 0 Å². The first-order valence-corrected chi connectivity index (χ1v) is 5.31. The van der Waals surface area contributed by atoms with Crippen molar-refractivity contribution in [2.24, 2.45) is 10.2 Å². The van der Waals surface area contributed by atoms with Crippen LogP contribution in [0.4, 0.5) is 22.7 Å². The number of nitrogens with zero attached hydrogens (tertiary/aromatic N) is 3. The zero-order chi connectivity index (χ0) is 13.8. The summed E-state index contributed by atoms with van der Waals surface area (Å²) in [7, 11) is 0. The van der Waals surface area contributed by atoms with Crippen molar-refractivity contribution in [3.05, 3.63) is 52.6 Å². The summed E-state index contributed by atoms with van der Waals surface area (Å²) in [5.74, 6) is -0.0192. The maximum atomic E-state index is 10.5. The molecule has 0 atom stereocenters. The Morgan fingerprint density at radius 1 is 1.05 bits per heavy atom. The van der Waals surface area contributed by atoms with E-state index in [4.69, 9.17) is 5.73 Å². The third-order valence-electron chi connectivity index (χ3n) is 2.35. The van der Waals surface area contributed by atoms with Gasteiger partial charge in [0, 0.05) is 12.1 Å². The maximum absolute atomic E-state index is 10.5. The number of nitro benzene ring substituents is 1. The lowest BCUT2D eigenvalue weighted by Gasteiger charge is -1.98. The summed E-state index contributed by atoms with van der Waals surface area (Å²) in [6, 6.07) is 10.1. The molecule has 0 saturated carbocycles. The summed E-state index contributed by atoms with van der Waals surface area (Å²) in [5.41, 5.74) is 6.68. The van der Waals surface area contributed by atoms with E-state index in [2.05, 4.69) is 10.2 Å². The van der Waals surface area contributed by atoms with Gasteiger partial charge in [0.25, 0.3) is 5.69 Å². The number of hydrogen-bond donors (Lipinski definition) is 2. The molecule has 0 bridgehead atoms. The number of rotatable bonds is 3. The van der Waals surface area contributed by atoms with Crippen molar-refractivity contribution < 1.29 is 10.0 Å². The summed E-state index contributed by atoms with van der Waals surface area (Å²) in [6.07, 6.45) is 0. The SMILES string of the molecule is Nc1cc(N=Nc2ccc([N+](=O)[O-])cc2)ccc1O. The number of nitrogens with two attached hydrogens (primary N) is 1. The highest BCUT2D eigenvalue weighted by atomic mass is 16.6. The van der Waals surface area contributed by atoms with Crippen LogP contribution >= 0.6 is 0 Å². The molecule has 0 saturated heterocycles. The molecule has 0 aliphatic carbocycles. The molecule has 19 heavy (non-hydrogen) atoms. The van der Waals surface area contributed by atoms with Gasteiger partial charge in [-0.05, 0) is 30.3 Å². The molecule has 2 aromatic carbocycles. The maximum Gasteiger partial charge on any atom is 0.269 e. The van der Waals surface area contributed by atoms with Crippen LogP contribution in [0.2, 0.25) is 0 Å². The molecule has 2 aromatic rings. The Balaban J connectivity index is 2.17. The number of phenols is 1. The van der Waals surface area contributed by atoms with Gasteiger partial charge in [0.05, 0.1) is 22.0 Å². The molecule has 96 valence electrons. The molecule has 0 heterocycles. The van der Waals surface area contributed by atoms with Gasteiger partial charge in [-0.1, -0.05) is 0 Å². The normalized spacial score (nSPS) is 10.7. The van der Waals surface area contributed by atoms with Gasteiger partial charge in [-0.3, -0.25) is 10.1 Å². The molecule has 3 N–H and O–H groups in total. The zero-order valence-corrected chi connectivity index (χ0v) is 9.72. The Morgan fingerprint density at radius 3 is 2.21 bits per heavy atom. The Hall–Kier alpha value is -2.96. The largest absolute Gasteiger partial charge is 0.506 e. The molecule has 0 unspecified atom stereocenters. The highest BCUT2D eigenvalue weighted by molar-refractivity contribution is 5.59. The van der Waals surface area contributed by atoms with E-state index in [0.717, 1.165) is 0 Å².